The molecule has 1 aromatic carbocycles. The van der Waals surface area contributed by atoms with Crippen LogP contribution in [0.5, 0.6) is 11.8 Å². The lowest BCUT2D eigenvalue weighted by atomic mass is 10.3. The van der Waals surface area contributed by atoms with Gasteiger partial charge in [-0.25, -0.2) is 4.57 Å². The third-order valence-electron chi connectivity index (χ3n) is 2.00. The fourth-order valence-corrected chi connectivity index (χ4v) is 1.91. The highest BCUT2D eigenvalue weighted by atomic mass is 35.5. The van der Waals surface area contributed by atoms with Crippen LogP contribution in [0, 0.1) is 0 Å². The Bertz CT molecular complexity index is 468. The maximum absolute atomic E-state index is 9.52. The van der Waals surface area contributed by atoms with Crippen molar-refractivity contribution in [1.82, 2.24) is 4.57 Å². The number of aromatic nitrogens is 1. The number of halogens is 2. The summed E-state index contributed by atoms with van der Waals surface area (Å²) in [5.41, 5.74) is 0.362. The molecule has 0 unspecified atom stereocenters. The van der Waals surface area contributed by atoms with Gasteiger partial charge in [-0.1, -0.05) is 29.3 Å². The quantitative estimate of drug-likeness (QED) is 0.809. The highest BCUT2D eigenvalue weighted by molar-refractivity contribution is 6.37. The van der Waals surface area contributed by atoms with Gasteiger partial charge in [0.2, 0.25) is 0 Å². The summed E-state index contributed by atoms with van der Waals surface area (Å²) in [7, 11) is 0. The van der Waals surface area contributed by atoms with Crippen molar-refractivity contribution in [2.75, 3.05) is 0 Å². The standard InChI is InChI=1S/C10H7Cl2NO2/c11-6-2-1-3-7(12)10(6)13-8(14)4-5-9(13)15/h1-5,14-15H. The highest BCUT2D eigenvalue weighted by Crippen LogP contribution is 2.35. The van der Waals surface area contributed by atoms with Gasteiger partial charge in [-0.05, 0) is 12.1 Å². The van der Waals surface area contributed by atoms with E-state index in [9.17, 15) is 10.2 Å². The molecule has 0 spiro atoms. The molecule has 0 aliphatic rings. The topological polar surface area (TPSA) is 45.4 Å². The Kier molecular flexibility index (Phi) is 2.50. The molecule has 2 N–H and O–H groups in total. The second-order valence-electron chi connectivity index (χ2n) is 2.96. The van der Waals surface area contributed by atoms with Crippen LogP contribution in [-0.4, -0.2) is 14.8 Å². The van der Waals surface area contributed by atoms with E-state index in [1.54, 1.807) is 18.2 Å². The maximum atomic E-state index is 9.52. The van der Waals surface area contributed by atoms with E-state index in [1.807, 2.05) is 0 Å². The molecule has 1 heterocycles. The normalized spacial score (nSPS) is 10.5. The first-order valence-corrected chi connectivity index (χ1v) is 4.91. The number of benzene rings is 1. The van der Waals surface area contributed by atoms with Gasteiger partial charge in [-0.2, -0.15) is 0 Å². The SMILES string of the molecule is Oc1ccc(O)n1-c1c(Cl)cccc1Cl. The molecule has 1 aromatic heterocycles. The third-order valence-corrected chi connectivity index (χ3v) is 2.61. The van der Waals surface area contributed by atoms with Crippen LogP contribution in [0.4, 0.5) is 0 Å². The first-order valence-electron chi connectivity index (χ1n) is 4.15. The Morgan fingerprint density at radius 1 is 0.867 bits per heavy atom. The van der Waals surface area contributed by atoms with Crippen molar-refractivity contribution in [3.05, 3.63) is 40.4 Å². The minimum Gasteiger partial charge on any atom is -0.494 e. The van der Waals surface area contributed by atoms with Crippen LogP contribution in [0.3, 0.4) is 0 Å². The summed E-state index contributed by atoms with van der Waals surface area (Å²) >= 11 is 11.9. The lowest BCUT2D eigenvalue weighted by molar-refractivity contribution is 0.402. The Morgan fingerprint density at radius 3 is 1.80 bits per heavy atom. The first kappa shape index (κ1) is 10.2. The van der Waals surface area contributed by atoms with Crippen molar-refractivity contribution in [3.63, 3.8) is 0 Å². The Labute approximate surface area is 96.1 Å². The van der Waals surface area contributed by atoms with Crippen LogP contribution in [-0.2, 0) is 0 Å². The largest absolute Gasteiger partial charge is 0.494 e. The van der Waals surface area contributed by atoms with Gasteiger partial charge in [-0.3, -0.25) is 0 Å². The molecule has 0 fully saturated rings. The van der Waals surface area contributed by atoms with Crippen LogP contribution < -0.4 is 0 Å². The summed E-state index contributed by atoms with van der Waals surface area (Å²) < 4.78 is 1.17. The molecule has 0 aliphatic carbocycles. The summed E-state index contributed by atoms with van der Waals surface area (Å²) in [5, 5.41) is 19.7. The van der Waals surface area contributed by atoms with E-state index in [-0.39, 0.29) is 11.8 Å². The monoisotopic (exact) mass is 243 g/mol. The number of hydrogen-bond acceptors (Lipinski definition) is 2. The molecule has 5 heteroatoms. The third kappa shape index (κ3) is 1.64. The van der Waals surface area contributed by atoms with Crippen molar-refractivity contribution < 1.29 is 10.2 Å². The van der Waals surface area contributed by atoms with Crippen molar-refractivity contribution in [3.8, 4) is 17.4 Å². The average Bonchev–Trinajstić information content (AvgIpc) is 2.49. The molecule has 15 heavy (non-hydrogen) atoms. The summed E-state index contributed by atoms with van der Waals surface area (Å²) in [6, 6.07) is 7.65. The summed E-state index contributed by atoms with van der Waals surface area (Å²) in [6.45, 7) is 0. The minimum absolute atomic E-state index is 0.123. The van der Waals surface area contributed by atoms with E-state index in [1.165, 1.54) is 16.7 Å². The Morgan fingerprint density at radius 2 is 1.33 bits per heavy atom. The van der Waals surface area contributed by atoms with Crippen LogP contribution in [0.15, 0.2) is 30.3 Å². The molecule has 0 atom stereocenters. The zero-order valence-corrected chi connectivity index (χ0v) is 9.00. The molecule has 0 bridgehead atoms. The van der Waals surface area contributed by atoms with Crippen molar-refractivity contribution in [2.24, 2.45) is 0 Å². The van der Waals surface area contributed by atoms with Crippen LogP contribution in [0.25, 0.3) is 5.69 Å². The zero-order valence-electron chi connectivity index (χ0n) is 7.48. The molecule has 0 saturated heterocycles. The predicted octanol–water partition coefficient (Wildman–Crippen LogP) is 3.20. The van der Waals surface area contributed by atoms with Gasteiger partial charge in [0.05, 0.1) is 15.7 Å². The fourth-order valence-electron chi connectivity index (χ4n) is 1.35. The van der Waals surface area contributed by atoms with Crippen molar-refractivity contribution in [1.29, 1.82) is 0 Å². The first-order chi connectivity index (χ1) is 7.11. The van der Waals surface area contributed by atoms with Gasteiger partial charge in [0.25, 0.3) is 0 Å². The van der Waals surface area contributed by atoms with E-state index in [0.717, 1.165) is 0 Å². The van der Waals surface area contributed by atoms with E-state index >= 15 is 0 Å². The number of aromatic hydroxyl groups is 2. The summed E-state index contributed by atoms with van der Waals surface area (Å²) in [6.07, 6.45) is 0. The Hall–Kier alpha value is -1.32. The zero-order chi connectivity index (χ0) is 11.0. The van der Waals surface area contributed by atoms with Gasteiger partial charge in [0.15, 0.2) is 11.8 Å². The van der Waals surface area contributed by atoms with Gasteiger partial charge in [0.1, 0.15) is 0 Å². The van der Waals surface area contributed by atoms with E-state index in [2.05, 4.69) is 0 Å². The minimum atomic E-state index is -0.123. The molecule has 0 radical (unpaired) electrons. The van der Waals surface area contributed by atoms with Gasteiger partial charge in [0, 0.05) is 12.1 Å². The Balaban J connectivity index is 2.74. The van der Waals surface area contributed by atoms with Crippen LogP contribution >= 0.6 is 23.2 Å². The molecule has 0 amide bonds. The molecular weight excluding hydrogens is 237 g/mol. The van der Waals surface area contributed by atoms with Crippen LogP contribution in [0.2, 0.25) is 10.0 Å². The average molecular weight is 244 g/mol. The van der Waals surface area contributed by atoms with Crippen molar-refractivity contribution in [2.45, 2.75) is 0 Å². The molecule has 0 saturated carbocycles. The van der Waals surface area contributed by atoms with Crippen LogP contribution in [0.1, 0.15) is 0 Å². The van der Waals surface area contributed by atoms with Gasteiger partial charge in [-0.15, -0.1) is 0 Å². The molecule has 0 aliphatic heterocycles. The number of nitrogens with zero attached hydrogens (tertiary/aromatic N) is 1. The summed E-state index contributed by atoms with van der Waals surface area (Å²) in [5.74, 6) is -0.245. The molecule has 2 aromatic rings. The lowest BCUT2D eigenvalue weighted by Crippen LogP contribution is -1.94. The van der Waals surface area contributed by atoms with Crippen molar-refractivity contribution >= 4 is 23.2 Å². The molecule has 78 valence electrons. The second-order valence-corrected chi connectivity index (χ2v) is 3.77. The fraction of sp³-hybridized carbons (Fsp3) is 0. The second kappa shape index (κ2) is 3.68. The molecular formula is C10H7Cl2NO2. The van der Waals surface area contributed by atoms with E-state index in [0.29, 0.717) is 15.7 Å². The maximum Gasteiger partial charge on any atom is 0.198 e. The van der Waals surface area contributed by atoms with E-state index in [4.69, 9.17) is 23.2 Å². The van der Waals surface area contributed by atoms with Gasteiger partial charge < -0.3 is 10.2 Å². The number of rotatable bonds is 1. The van der Waals surface area contributed by atoms with Gasteiger partial charge >= 0.3 is 0 Å². The van der Waals surface area contributed by atoms with E-state index < -0.39 is 0 Å². The number of para-hydroxylation sites is 1. The lowest BCUT2D eigenvalue weighted by Gasteiger charge is -2.10. The summed E-state index contributed by atoms with van der Waals surface area (Å²) in [4.78, 5) is 0. The predicted molar refractivity (Wildman–Crippen MR) is 59.1 cm³/mol. The highest BCUT2D eigenvalue weighted by Gasteiger charge is 2.14. The molecule has 2 rings (SSSR count). The number of hydrogen-bond donors (Lipinski definition) is 2. The molecule has 3 nitrogen and oxygen atoms in total. The smallest absolute Gasteiger partial charge is 0.198 e.